The predicted molar refractivity (Wildman–Crippen MR) is 61.3 cm³/mol. The molecule has 1 aromatic heterocycles. The number of rotatable bonds is 0. The molecule has 0 radical (unpaired) electrons. The van der Waals surface area contributed by atoms with Gasteiger partial charge in [-0.2, -0.15) is 5.10 Å². The van der Waals surface area contributed by atoms with Crippen molar-refractivity contribution in [2.45, 2.75) is 31.2 Å². The quantitative estimate of drug-likeness (QED) is 0.709. The zero-order valence-corrected chi connectivity index (χ0v) is 9.83. The monoisotopic (exact) mass is 221 g/mol. The molecular weight excluding hydrogens is 202 g/mol. The van der Waals surface area contributed by atoms with E-state index in [0.717, 1.165) is 39.1 Å². The largest absolute Gasteiger partial charge is 0.381 e. The van der Waals surface area contributed by atoms with Crippen LogP contribution in [0, 0.1) is 0 Å². The first kappa shape index (κ1) is 10.3. The molecule has 2 aliphatic rings. The third-order valence-corrected chi connectivity index (χ3v) is 3.96. The number of aryl methyl sites for hydroxylation is 1. The van der Waals surface area contributed by atoms with E-state index in [0.29, 0.717) is 0 Å². The van der Waals surface area contributed by atoms with Crippen molar-refractivity contribution in [1.82, 2.24) is 15.1 Å². The van der Waals surface area contributed by atoms with E-state index in [1.807, 2.05) is 6.20 Å². The average molecular weight is 221 g/mol. The van der Waals surface area contributed by atoms with Gasteiger partial charge in [0.05, 0.1) is 11.9 Å². The summed E-state index contributed by atoms with van der Waals surface area (Å²) in [5.41, 5.74) is 3.07. The van der Waals surface area contributed by atoms with Crippen LogP contribution in [-0.4, -0.2) is 29.5 Å². The van der Waals surface area contributed by atoms with E-state index in [9.17, 15) is 0 Å². The third kappa shape index (κ3) is 1.48. The van der Waals surface area contributed by atoms with Crippen LogP contribution in [-0.2, 0) is 23.7 Å². The molecule has 1 aromatic rings. The highest BCUT2D eigenvalue weighted by Crippen LogP contribution is 2.38. The number of hydrogen-bond donors (Lipinski definition) is 1. The van der Waals surface area contributed by atoms with E-state index in [1.165, 1.54) is 17.7 Å². The maximum atomic E-state index is 5.60. The highest BCUT2D eigenvalue weighted by molar-refractivity contribution is 5.30. The van der Waals surface area contributed by atoms with Crippen LogP contribution in [0.15, 0.2) is 6.20 Å². The molecule has 1 saturated heterocycles. The van der Waals surface area contributed by atoms with Gasteiger partial charge in [0.2, 0.25) is 0 Å². The molecule has 16 heavy (non-hydrogen) atoms. The third-order valence-electron chi connectivity index (χ3n) is 3.96. The van der Waals surface area contributed by atoms with E-state index < -0.39 is 0 Å². The Morgan fingerprint density at radius 1 is 1.44 bits per heavy atom. The smallest absolute Gasteiger partial charge is 0.0537 e. The first-order chi connectivity index (χ1) is 7.82. The Labute approximate surface area is 96.0 Å². The summed E-state index contributed by atoms with van der Waals surface area (Å²) < 4.78 is 7.67. The minimum Gasteiger partial charge on any atom is -0.381 e. The summed E-state index contributed by atoms with van der Waals surface area (Å²) in [6, 6.07) is 0. The minimum atomic E-state index is 0.259. The molecule has 0 amide bonds. The molecular formula is C12H19N3O. The molecule has 3 rings (SSSR count). The van der Waals surface area contributed by atoms with Crippen LogP contribution in [0.1, 0.15) is 30.5 Å². The van der Waals surface area contributed by atoms with Gasteiger partial charge in [0.15, 0.2) is 0 Å². The summed E-state index contributed by atoms with van der Waals surface area (Å²) >= 11 is 0. The summed E-state index contributed by atoms with van der Waals surface area (Å²) in [5.74, 6) is 0. The van der Waals surface area contributed by atoms with Gasteiger partial charge in [0.25, 0.3) is 0 Å². The molecule has 0 bridgehead atoms. The first-order valence-electron chi connectivity index (χ1n) is 6.12. The zero-order chi connectivity index (χ0) is 11.0. The van der Waals surface area contributed by atoms with Crippen molar-refractivity contribution < 1.29 is 4.74 Å². The molecule has 0 saturated carbocycles. The fourth-order valence-corrected chi connectivity index (χ4v) is 3.24. The summed E-state index contributed by atoms with van der Waals surface area (Å²) in [6.07, 6.45) is 5.50. The Bertz CT molecular complexity index is 378. The van der Waals surface area contributed by atoms with Crippen LogP contribution in [0.4, 0.5) is 0 Å². The Balaban J connectivity index is 2.03. The van der Waals surface area contributed by atoms with Crippen LogP contribution in [0.2, 0.25) is 0 Å². The van der Waals surface area contributed by atoms with Crippen molar-refractivity contribution in [2.24, 2.45) is 7.05 Å². The van der Waals surface area contributed by atoms with E-state index in [4.69, 9.17) is 4.74 Å². The van der Waals surface area contributed by atoms with Gasteiger partial charge in [-0.25, -0.2) is 0 Å². The van der Waals surface area contributed by atoms with Gasteiger partial charge in [-0.1, -0.05) is 0 Å². The Morgan fingerprint density at radius 3 is 3.31 bits per heavy atom. The first-order valence-corrected chi connectivity index (χ1v) is 6.12. The number of nitrogens with one attached hydrogen (secondary N) is 1. The van der Waals surface area contributed by atoms with Crippen molar-refractivity contribution >= 4 is 0 Å². The van der Waals surface area contributed by atoms with Crippen LogP contribution < -0.4 is 5.32 Å². The molecule has 0 aliphatic carbocycles. The van der Waals surface area contributed by atoms with Crippen molar-refractivity contribution in [1.29, 1.82) is 0 Å². The van der Waals surface area contributed by atoms with Crippen LogP contribution >= 0.6 is 0 Å². The highest BCUT2D eigenvalue weighted by atomic mass is 16.5. The fraction of sp³-hybridized carbons (Fsp3) is 0.750. The zero-order valence-electron chi connectivity index (χ0n) is 9.83. The lowest BCUT2D eigenvalue weighted by molar-refractivity contribution is 0.137. The lowest BCUT2D eigenvalue weighted by Crippen LogP contribution is -2.44. The minimum absolute atomic E-state index is 0.259. The van der Waals surface area contributed by atoms with Crippen molar-refractivity contribution in [3.05, 3.63) is 17.5 Å². The maximum Gasteiger partial charge on any atom is 0.0537 e. The Morgan fingerprint density at radius 2 is 2.38 bits per heavy atom. The van der Waals surface area contributed by atoms with E-state index in [2.05, 4.69) is 22.1 Å². The Hall–Kier alpha value is -0.870. The van der Waals surface area contributed by atoms with Gasteiger partial charge in [-0.15, -0.1) is 0 Å². The number of nitrogens with zero attached hydrogens (tertiary/aromatic N) is 2. The number of aromatic nitrogens is 2. The Kier molecular flexibility index (Phi) is 2.48. The second-order valence-corrected chi connectivity index (χ2v) is 4.99. The highest BCUT2D eigenvalue weighted by Gasteiger charge is 2.39. The van der Waals surface area contributed by atoms with Gasteiger partial charge in [-0.05, 0) is 19.3 Å². The van der Waals surface area contributed by atoms with Crippen molar-refractivity contribution in [2.75, 3.05) is 19.8 Å². The molecule has 4 heteroatoms. The van der Waals surface area contributed by atoms with E-state index >= 15 is 0 Å². The van der Waals surface area contributed by atoms with Gasteiger partial charge < -0.3 is 10.1 Å². The van der Waals surface area contributed by atoms with Crippen molar-refractivity contribution in [3.8, 4) is 0 Å². The summed E-state index contributed by atoms with van der Waals surface area (Å²) in [4.78, 5) is 0. The van der Waals surface area contributed by atoms with Crippen LogP contribution in [0.25, 0.3) is 0 Å². The molecule has 1 unspecified atom stereocenters. The number of hydrogen-bond acceptors (Lipinski definition) is 3. The molecule has 1 N–H and O–H groups in total. The van der Waals surface area contributed by atoms with Gasteiger partial charge in [0.1, 0.15) is 0 Å². The van der Waals surface area contributed by atoms with E-state index in [-0.39, 0.29) is 5.41 Å². The van der Waals surface area contributed by atoms with Crippen LogP contribution in [0.3, 0.4) is 0 Å². The van der Waals surface area contributed by atoms with Gasteiger partial charge in [-0.3, -0.25) is 4.68 Å². The fourth-order valence-electron chi connectivity index (χ4n) is 3.24. The molecule has 4 nitrogen and oxygen atoms in total. The topological polar surface area (TPSA) is 39.1 Å². The SMILES string of the molecule is Cn1ncc2c1C1(CCCOCC1)CNC2. The van der Waals surface area contributed by atoms with Gasteiger partial charge >= 0.3 is 0 Å². The van der Waals surface area contributed by atoms with E-state index in [1.54, 1.807) is 0 Å². The molecule has 2 aliphatic heterocycles. The average Bonchev–Trinajstić information content (AvgIpc) is 2.54. The standard InChI is InChI=1S/C12H19N3O/c1-15-11-10(8-14-15)7-13-9-12(11)3-2-5-16-6-4-12/h8,13H,2-7,9H2,1H3. The molecule has 1 spiro atoms. The normalized spacial score (nSPS) is 30.1. The molecule has 3 heterocycles. The second-order valence-electron chi connectivity index (χ2n) is 4.99. The predicted octanol–water partition coefficient (Wildman–Crippen LogP) is 0.962. The number of fused-ring (bicyclic) bond motifs is 2. The lowest BCUT2D eigenvalue weighted by Gasteiger charge is -2.37. The molecule has 1 atom stereocenters. The molecule has 0 aromatic carbocycles. The lowest BCUT2D eigenvalue weighted by atomic mass is 9.74. The summed E-state index contributed by atoms with van der Waals surface area (Å²) in [6.45, 7) is 3.83. The summed E-state index contributed by atoms with van der Waals surface area (Å²) in [5, 5.41) is 7.95. The van der Waals surface area contributed by atoms with Crippen molar-refractivity contribution in [3.63, 3.8) is 0 Å². The number of ether oxygens (including phenoxy) is 1. The van der Waals surface area contributed by atoms with Gasteiger partial charge in [0, 0.05) is 44.3 Å². The molecule has 88 valence electrons. The molecule has 1 fully saturated rings. The second kappa shape index (κ2) is 3.86. The maximum absolute atomic E-state index is 5.60. The van der Waals surface area contributed by atoms with Crippen LogP contribution in [0.5, 0.6) is 0 Å². The summed E-state index contributed by atoms with van der Waals surface area (Å²) in [7, 11) is 2.07.